The number of primary amides is 1. The molecule has 0 aliphatic rings. The molecule has 0 aliphatic heterocycles. The molecule has 1 amide bonds. The summed E-state index contributed by atoms with van der Waals surface area (Å²) >= 11 is 0. The van der Waals surface area contributed by atoms with Gasteiger partial charge in [0.15, 0.2) is 0 Å². The topological polar surface area (TPSA) is 60.9 Å². The Labute approximate surface area is 141 Å². The fourth-order valence-corrected chi connectivity index (χ4v) is 2.72. The summed E-state index contributed by atoms with van der Waals surface area (Å²) in [5.41, 5.74) is 5.28. The molecule has 0 aliphatic carbocycles. The Morgan fingerprint density at radius 2 is 1.88 bits per heavy atom. The summed E-state index contributed by atoms with van der Waals surface area (Å²) in [7, 11) is 0. The number of carbonyl (C=O) groups is 1. The molecule has 1 aromatic heterocycles. The maximum atomic E-state index is 13.6. The molecule has 0 bridgehead atoms. The largest absolute Gasteiger partial charge is 0.418 e. The number of alkyl halides is 3. The predicted octanol–water partition coefficient (Wildman–Crippen LogP) is 3.97. The highest BCUT2D eigenvalue weighted by atomic mass is 19.4. The van der Waals surface area contributed by atoms with E-state index in [0.29, 0.717) is 11.4 Å². The van der Waals surface area contributed by atoms with Gasteiger partial charge in [0, 0.05) is 18.0 Å². The van der Waals surface area contributed by atoms with Crippen molar-refractivity contribution in [3.8, 4) is 16.8 Å². The van der Waals surface area contributed by atoms with Crippen LogP contribution in [0.15, 0.2) is 54.9 Å². The zero-order chi connectivity index (χ0) is 18.2. The molecule has 0 fully saturated rings. The van der Waals surface area contributed by atoms with Gasteiger partial charge in [0.2, 0.25) is 5.91 Å². The molecule has 3 aromatic rings. The number of aryl methyl sites for hydroxylation is 1. The summed E-state index contributed by atoms with van der Waals surface area (Å²) < 4.78 is 42.2. The monoisotopic (exact) mass is 345 g/mol. The highest BCUT2D eigenvalue weighted by Crippen LogP contribution is 2.37. The van der Waals surface area contributed by atoms with E-state index < -0.39 is 17.6 Å². The van der Waals surface area contributed by atoms with Gasteiger partial charge in [-0.1, -0.05) is 24.3 Å². The van der Waals surface area contributed by atoms with Crippen molar-refractivity contribution in [1.82, 2.24) is 9.55 Å². The Morgan fingerprint density at radius 1 is 1.16 bits per heavy atom. The van der Waals surface area contributed by atoms with E-state index in [9.17, 15) is 18.0 Å². The summed E-state index contributed by atoms with van der Waals surface area (Å²) in [5.74, 6) is -0.255. The van der Waals surface area contributed by atoms with Gasteiger partial charge in [-0.15, -0.1) is 0 Å². The summed E-state index contributed by atoms with van der Waals surface area (Å²) in [5, 5.41) is 0. The molecule has 128 valence electrons. The minimum atomic E-state index is -4.57. The second kappa shape index (κ2) is 6.08. The molecule has 2 aromatic carbocycles. The SMILES string of the molecule is Cc1nccn1-c1ccc(-c2ccccc2C(N)=O)cc1C(F)(F)F. The number of nitrogens with zero attached hydrogens (tertiary/aromatic N) is 2. The Hall–Kier alpha value is -3.09. The molecule has 7 heteroatoms. The third kappa shape index (κ3) is 3.13. The van der Waals surface area contributed by atoms with Crippen LogP contribution in [0.5, 0.6) is 0 Å². The standard InChI is InChI=1S/C18H14F3N3O/c1-11-23-8-9-24(11)16-7-6-12(10-15(16)18(19,20)21)13-4-2-3-5-14(13)17(22)25/h2-10H,1H3,(H2,22,25). The van der Waals surface area contributed by atoms with Crippen LogP contribution < -0.4 is 5.73 Å². The maximum Gasteiger partial charge on any atom is 0.418 e. The normalized spacial score (nSPS) is 11.5. The van der Waals surface area contributed by atoms with Crippen molar-refractivity contribution in [3.05, 3.63) is 71.8 Å². The van der Waals surface area contributed by atoms with Gasteiger partial charge >= 0.3 is 6.18 Å². The lowest BCUT2D eigenvalue weighted by atomic mass is 9.96. The van der Waals surface area contributed by atoms with E-state index in [0.717, 1.165) is 6.07 Å². The quantitative estimate of drug-likeness (QED) is 0.781. The zero-order valence-corrected chi connectivity index (χ0v) is 13.2. The van der Waals surface area contributed by atoms with Crippen molar-refractivity contribution in [2.75, 3.05) is 0 Å². The van der Waals surface area contributed by atoms with Crippen molar-refractivity contribution in [2.24, 2.45) is 5.73 Å². The first-order chi connectivity index (χ1) is 11.8. The summed E-state index contributed by atoms with van der Waals surface area (Å²) in [4.78, 5) is 15.5. The molecule has 0 radical (unpaired) electrons. The number of hydrogen-bond acceptors (Lipinski definition) is 2. The smallest absolute Gasteiger partial charge is 0.366 e. The number of benzene rings is 2. The summed E-state index contributed by atoms with van der Waals surface area (Å²) in [6.45, 7) is 1.62. The molecule has 0 spiro atoms. The zero-order valence-electron chi connectivity index (χ0n) is 13.2. The van der Waals surface area contributed by atoms with E-state index in [1.807, 2.05) is 0 Å². The first-order valence-electron chi connectivity index (χ1n) is 7.40. The van der Waals surface area contributed by atoms with Gasteiger partial charge in [-0.3, -0.25) is 4.79 Å². The van der Waals surface area contributed by atoms with Gasteiger partial charge in [-0.2, -0.15) is 13.2 Å². The predicted molar refractivity (Wildman–Crippen MR) is 87.3 cm³/mol. The van der Waals surface area contributed by atoms with Crippen molar-refractivity contribution in [3.63, 3.8) is 0 Å². The lowest BCUT2D eigenvalue weighted by Gasteiger charge is -2.17. The average molecular weight is 345 g/mol. The molecule has 0 unspecified atom stereocenters. The van der Waals surface area contributed by atoms with Crippen molar-refractivity contribution >= 4 is 5.91 Å². The van der Waals surface area contributed by atoms with Gasteiger partial charge in [0.05, 0.1) is 11.3 Å². The van der Waals surface area contributed by atoms with E-state index in [4.69, 9.17) is 5.73 Å². The number of nitrogens with two attached hydrogens (primary N) is 1. The number of rotatable bonds is 3. The first kappa shape index (κ1) is 16.8. The van der Waals surface area contributed by atoms with E-state index in [1.165, 1.54) is 35.2 Å². The number of halogens is 3. The number of amides is 1. The molecule has 0 saturated heterocycles. The molecule has 25 heavy (non-hydrogen) atoms. The van der Waals surface area contributed by atoms with Crippen LogP contribution in [0.3, 0.4) is 0 Å². The second-order valence-corrected chi connectivity index (χ2v) is 5.48. The van der Waals surface area contributed by atoms with Crippen LogP contribution in [0.4, 0.5) is 13.2 Å². The lowest BCUT2D eigenvalue weighted by molar-refractivity contribution is -0.137. The molecule has 3 rings (SSSR count). The van der Waals surface area contributed by atoms with E-state index in [1.54, 1.807) is 25.1 Å². The number of imidazole rings is 1. The van der Waals surface area contributed by atoms with Gasteiger partial charge in [0.25, 0.3) is 0 Å². The molecular weight excluding hydrogens is 331 g/mol. The Morgan fingerprint density at radius 3 is 2.48 bits per heavy atom. The highest BCUT2D eigenvalue weighted by molar-refractivity contribution is 5.99. The van der Waals surface area contributed by atoms with Crippen LogP contribution in [0, 0.1) is 6.92 Å². The van der Waals surface area contributed by atoms with Crippen LogP contribution >= 0.6 is 0 Å². The van der Waals surface area contributed by atoms with Crippen LogP contribution in [0.1, 0.15) is 21.7 Å². The van der Waals surface area contributed by atoms with Crippen molar-refractivity contribution in [1.29, 1.82) is 0 Å². The van der Waals surface area contributed by atoms with Crippen LogP contribution in [-0.4, -0.2) is 15.5 Å². The fourth-order valence-electron chi connectivity index (χ4n) is 2.72. The van der Waals surface area contributed by atoms with E-state index in [-0.39, 0.29) is 16.8 Å². The van der Waals surface area contributed by atoms with E-state index >= 15 is 0 Å². The molecule has 2 N–H and O–H groups in total. The van der Waals surface area contributed by atoms with Gasteiger partial charge in [-0.05, 0) is 36.2 Å². The van der Waals surface area contributed by atoms with Crippen molar-refractivity contribution < 1.29 is 18.0 Å². The first-order valence-corrected chi connectivity index (χ1v) is 7.40. The Kier molecular flexibility index (Phi) is 4.08. The lowest BCUT2D eigenvalue weighted by Crippen LogP contribution is -2.13. The molecule has 0 saturated carbocycles. The minimum absolute atomic E-state index is 0.0252. The molecule has 4 nitrogen and oxygen atoms in total. The third-order valence-corrected chi connectivity index (χ3v) is 3.89. The summed E-state index contributed by atoms with van der Waals surface area (Å²) in [6, 6.07) is 10.2. The number of hydrogen-bond donors (Lipinski definition) is 1. The van der Waals surface area contributed by atoms with Gasteiger partial charge < -0.3 is 10.3 Å². The van der Waals surface area contributed by atoms with Crippen LogP contribution in [0.25, 0.3) is 16.8 Å². The maximum absolute atomic E-state index is 13.6. The summed E-state index contributed by atoms with van der Waals surface area (Å²) in [6.07, 6.45) is -1.66. The second-order valence-electron chi connectivity index (χ2n) is 5.48. The average Bonchev–Trinajstić information content (AvgIpc) is 2.99. The van der Waals surface area contributed by atoms with Crippen LogP contribution in [0.2, 0.25) is 0 Å². The third-order valence-electron chi connectivity index (χ3n) is 3.89. The highest BCUT2D eigenvalue weighted by Gasteiger charge is 2.34. The van der Waals surface area contributed by atoms with Crippen LogP contribution in [-0.2, 0) is 6.18 Å². The molecular formula is C18H14F3N3O. The van der Waals surface area contributed by atoms with Gasteiger partial charge in [0.1, 0.15) is 5.82 Å². The van der Waals surface area contributed by atoms with Crippen molar-refractivity contribution in [2.45, 2.75) is 13.1 Å². The molecule has 1 heterocycles. The van der Waals surface area contributed by atoms with Gasteiger partial charge in [-0.25, -0.2) is 4.98 Å². The molecule has 0 atom stereocenters. The Bertz CT molecular complexity index is 945. The van der Waals surface area contributed by atoms with E-state index in [2.05, 4.69) is 4.98 Å². The Balaban J connectivity index is 2.23. The fraction of sp³-hybridized carbons (Fsp3) is 0.111. The minimum Gasteiger partial charge on any atom is -0.366 e. The number of carbonyl (C=O) groups excluding carboxylic acids is 1. The number of aromatic nitrogens is 2.